The van der Waals surface area contributed by atoms with Crippen LogP contribution in [-0.2, 0) is 0 Å². The maximum absolute atomic E-state index is 4.64. The van der Waals surface area contributed by atoms with Crippen LogP contribution in [0.1, 0.15) is 31.0 Å². The summed E-state index contributed by atoms with van der Waals surface area (Å²) >= 11 is 0. The van der Waals surface area contributed by atoms with Gasteiger partial charge in [-0.3, -0.25) is 4.98 Å². The topological polar surface area (TPSA) is 31.9 Å². The standard InChI is InChI=1S/C22H23N3/c1-4-25(18-12-17-7-5-6-8-21(17)23-13-18)16(3)20-14-24-22-10-9-15(2)11-19(20)22/h5-14,16,24H,4H2,1-3H3. The van der Waals surface area contributed by atoms with Gasteiger partial charge in [0.25, 0.3) is 0 Å². The van der Waals surface area contributed by atoms with E-state index >= 15 is 0 Å². The lowest BCUT2D eigenvalue weighted by molar-refractivity contribution is 0.694. The van der Waals surface area contributed by atoms with Gasteiger partial charge < -0.3 is 9.88 Å². The number of pyridine rings is 1. The zero-order chi connectivity index (χ0) is 17.4. The maximum atomic E-state index is 4.64. The first kappa shape index (κ1) is 15.7. The lowest BCUT2D eigenvalue weighted by Crippen LogP contribution is -2.26. The van der Waals surface area contributed by atoms with Gasteiger partial charge in [-0.05, 0) is 50.6 Å². The number of aromatic nitrogens is 2. The molecule has 1 N–H and O–H groups in total. The quantitative estimate of drug-likeness (QED) is 0.527. The van der Waals surface area contributed by atoms with Gasteiger partial charge in [0.1, 0.15) is 0 Å². The molecule has 3 heteroatoms. The van der Waals surface area contributed by atoms with Crippen molar-refractivity contribution in [2.45, 2.75) is 26.8 Å². The normalized spacial score (nSPS) is 12.6. The predicted octanol–water partition coefficient (Wildman–Crippen LogP) is 5.61. The number of rotatable bonds is 4. The number of nitrogens with zero attached hydrogens (tertiary/aromatic N) is 2. The highest BCUT2D eigenvalue weighted by Gasteiger charge is 2.19. The number of para-hydroxylation sites is 1. The van der Waals surface area contributed by atoms with Crippen LogP contribution in [0, 0.1) is 6.92 Å². The smallest absolute Gasteiger partial charge is 0.0703 e. The third-order valence-electron chi connectivity index (χ3n) is 5.04. The van der Waals surface area contributed by atoms with Crippen LogP contribution in [0.15, 0.2) is 60.9 Å². The van der Waals surface area contributed by atoms with Crippen molar-refractivity contribution < 1.29 is 0 Å². The summed E-state index contributed by atoms with van der Waals surface area (Å²) in [5.41, 5.74) is 6.01. The fourth-order valence-electron chi connectivity index (χ4n) is 3.67. The molecule has 4 aromatic rings. The number of hydrogen-bond donors (Lipinski definition) is 1. The van der Waals surface area contributed by atoms with Crippen LogP contribution >= 0.6 is 0 Å². The van der Waals surface area contributed by atoms with E-state index in [1.165, 1.54) is 27.4 Å². The fourth-order valence-corrected chi connectivity index (χ4v) is 3.67. The highest BCUT2D eigenvalue weighted by molar-refractivity contribution is 5.85. The van der Waals surface area contributed by atoms with Gasteiger partial charge in [-0.1, -0.05) is 29.8 Å². The summed E-state index contributed by atoms with van der Waals surface area (Å²) in [5.74, 6) is 0. The molecular formula is C22H23N3. The molecule has 2 aromatic heterocycles. The Bertz CT molecular complexity index is 1030. The van der Waals surface area contributed by atoms with Gasteiger partial charge in [0, 0.05) is 29.0 Å². The second-order valence-electron chi connectivity index (χ2n) is 6.64. The summed E-state index contributed by atoms with van der Waals surface area (Å²) in [6.07, 6.45) is 4.13. The summed E-state index contributed by atoms with van der Waals surface area (Å²) in [6, 6.07) is 17.4. The van der Waals surface area contributed by atoms with Crippen LogP contribution in [0.4, 0.5) is 5.69 Å². The van der Waals surface area contributed by atoms with Crippen molar-refractivity contribution in [1.82, 2.24) is 9.97 Å². The van der Waals surface area contributed by atoms with Crippen LogP contribution in [0.5, 0.6) is 0 Å². The van der Waals surface area contributed by atoms with Crippen molar-refractivity contribution in [1.29, 1.82) is 0 Å². The number of anilines is 1. The van der Waals surface area contributed by atoms with E-state index in [2.05, 4.69) is 84.3 Å². The molecule has 3 nitrogen and oxygen atoms in total. The fraction of sp³-hybridized carbons (Fsp3) is 0.227. The molecule has 2 aromatic carbocycles. The number of H-pyrrole nitrogens is 1. The summed E-state index contributed by atoms with van der Waals surface area (Å²) in [6.45, 7) is 7.54. The number of nitrogens with one attached hydrogen (secondary N) is 1. The largest absolute Gasteiger partial charge is 0.364 e. The Kier molecular flexibility index (Phi) is 3.92. The number of fused-ring (bicyclic) bond motifs is 2. The van der Waals surface area contributed by atoms with Crippen molar-refractivity contribution in [2.24, 2.45) is 0 Å². The minimum atomic E-state index is 0.267. The molecule has 1 unspecified atom stereocenters. The zero-order valence-corrected chi connectivity index (χ0v) is 15.0. The van der Waals surface area contributed by atoms with E-state index in [0.29, 0.717) is 0 Å². The molecule has 0 saturated carbocycles. The van der Waals surface area contributed by atoms with Gasteiger partial charge in [0.05, 0.1) is 23.4 Å². The highest BCUT2D eigenvalue weighted by Crippen LogP contribution is 2.32. The van der Waals surface area contributed by atoms with Crippen molar-refractivity contribution in [3.63, 3.8) is 0 Å². The summed E-state index contributed by atoms with van der Waals surface area (Å²) in [4.78, 5) is 10.5. The Morgan fingerprint density at radius 2 is 1.96 bits per heavy atom. The summed E-state index contributed by atoms with van der Waals surface area (Å²) in [7, 11) is 0. The zero-order valence-electron chi connectivity index (χ0n) is 15.0. The first-order valence-electron chi connectivity index (χ1n) is 8.86. The van der Waals surface area contributed by atoms with Gasteiger partial charge >= 0.3 is 0 Å². The number of aromatic amines is 1. The minimum Gasteiger partial charge on any atom is -0.364 e. The van der Waals surface area contributed by atoms with E-state index < -0.39 is 0 Å². The lowest BCUT2D eigenvalue weighted by Gasteiger charge is -2.30. The van der Waals surface area contributed by atoms with Gasteiger partial charge in [-0.15, -0.1) is 0 Å². The Labute approximate surface area is 148 Å². The average Bonchev–Trinajstić information content (AvgIpc) is 3.05. The lowest BCUT2D eigenvalue weighted by atomic mass is 10.0. The van der Waals surface area contributed by atoms with Crippen LogP contribution in [0.3, 0.4) is 0 Å². The Hall–Kier alpha value is -2.81. The van der Waals surface area contributed by atoms with E-state index in [4.69, 9.17) is 0 Å². The Balaban J connectivity index is 1.77. The molecule has 2 heterocycles. The molecule has 0 bridgehead atoms. The highest BCUT2D eigenvalue weighted by atomic mass is 15.2. The number of hydrogen-bond acceptors (Lipinski definition) is 2. The van der Waals surface area contributed by atoms with Crippen molar-refractivity contribution >= 4 is 27.5 Å². The van der Waals surface area contributed by atoms with Gasteiger partial charge in [0.15, 0.2) is 0 Å². The van der Waals surface area contributed by atoms with Crippen molar-refractivity contribution in [2.75, 3.05) is 11.4 Å². The number of benzene rings is 2. The second kappa shape index (κ2) is 6.25. The van der Waals surface area contributed by atoms with Crippen molar-refractivity contribution in [3.05, 3.63) is 72.1 Å². The SMILES string of the molecule is CCN(c1cnc2ccccc2c1)C(C)c1c[nH]c2ccc(C)cc12. The molecule has 126 valence electrons. The first-order valence-corrected chi connectivity index (χ1v) is 8.86. The third-order valence-corrected chi connectivity index (χ3v) is 5.04. The van der Waals surface area contributed by atoms with E-state index in [1.807, 2.05) is 12.3 Å². The molecule has 1 atom stereocenters. The Morgan fingerprint density at radius 3 is 2.80 bits per heavy atom. The minimum absolute atomic E-state index is 0.267. The maximum Gasteiger partial charge on any atom is 0.0703 e. The van der Waals surface area contributed by atoms with Crippen LogP contribution in [-0.4, -0.2) is 16.5 Å². The molecule has 4 rings (SSSR count). The van der Waals surface area contributed by atoms with Gasteiger partial charge in [0.2, 0.25) is 0 Å². The van der Waals surface area contributed by atoms with E-state index in [0.717, 1.165) is 17.7 Å². The Morgan fingerprint density at radius 1 is 1.12 bits per heavy atom. The molecule has 0 amide bonds. The van der Waals surface area contributed by atoms with E-state index in [1.54, 1.807) is 0 Å². The second-order valence-corrected chi connectivity index (χ2v) is 6.64. The van der Waals surface area contributed by atoms with E-state index in [-0.39, 0.29) is 6.04 Å². The van der Waals surface area contributed by atoms with Crippen LogP contribution in [0.2, 0.25) is 0 Å². The van der Waals surface area contributed by atoms with Gasteiger partial charge in [-0.2, -0.15) is 0 Å². The molecule has 0 saturated heterocycles. The molecule has 0 fully saturated rings. The monoisotopic (exact) mass is 329 g/mol. The molecule has 0 radical (unpaired) electrons. The van der Waals surface area contributed by atoms with Crippen LogP contribution < -0.4 is 4.90 Å². The van der Waals surface area contributed by atoms with Crippen LogP contribution in [0.25, 0.3) is 21.8 Å². The predicted molar refractivity (Wildman–Crippen MR) is 106 cm³/mol. The summed E-state index contributed by atoms with van der Waals surface area (Å²) < 4.78 is 0. The molecule has 0 aliphatic heterocycles. The molecular weight excluding hydrogens is 306 g/mol. The number of aryl methyl sites for hydroxylation is 1. The molecule has 0 aliphatic rings. The summed E-state index contributed by atoms with van der Waals surface area (Å²) in [5, 5.41) is 2.49. The average molecular weight is 329 g/mol. The molecule has 0 aliphatic carbocycles. The van der Waals surface area contributed by atoms with Crippen molar-refractivity contribution in [3.8, 4) is 0 Å². The van der Waals surface area contributed by atoms with E-state index in [9.17, 15) is 0 Å². The first-order chi connectivity index (χ1) is 12.2. The van der Waals surface area contributed by atoms with Gasteiger partial charge in [-0.25, -0.2) is 0 Å². The third kappa shape index (κ3) is 2.76. The molecule has 25 heavy (non-hydrogen) atoms. The molecule has 0 spiro atoms.